The highest BCUT2D eigenvalue weighted by Crippen LogP contribution is 2.32. The zero-order valence-electron chi connectivity index (χ0n) is 11.2. The van der Waals surface area contributed by atoms with Gasteiger partial charge in [-0.1, -0.05) is 32.0 Å². The smallest absolute Gasteiger partial charge is 0.222 e. The standard InChI is InChI=1S/C15H22N2O/c1-11(2)14-13(15(16)18)9-6-10-17(14)12-7-4-3-5-8-12/h3-5,7-8,11,13-14H,6,9-10H2,1-2H3,(H2,16,18). The van der Waals surface area contributed by atoms with Gasteiger partial charge in [-0.3, -0.25) is 4.79 Å². The Labute approximate surface area is 109 Å². The topological polar surface area (TPSA) is 46.3 Å². The van der Waals surface area contributed by atoms with Crippen LogP contribution in [0, 0.1) is 11.8 Å². The second kappa shape index (κ2) is 5.42. The van der Waals surface area contributed by atoms with Gasteiger partial charge in [0.1, 0.15) is 0 Å². The number of nitrogens with two attached hydrogens (primary N) is 1. The van der Waals surface area contributed by atoms with Crippen LogP contribution in [0.4, 0.5) is 5.69 Å². The molecule has 1 saturated heterocycles. The first-order valence-electron chi connectivity index (χ1n) is 6.72. The number of benzene rings is 1. The van der Waals surface area contributed by atoms with Crippen LogP contribution >= 0.6 is 0 Å². The number of carbonyl (C=O) groups is 1. The molecular weight excluding hydrogens is 224 g/mol. The van der Waals surface area contributed by atoms with E-state index in [0.717, 1.165) is 19.4 Å². The second-order valence-electron chi connectivity index (χ2n) is 5.41. The Hall–Kier alpha value is -1.51. The van der Waals surface area contributed by atoms with E-state index in [1.165, 1.54) is 5.69 Å². The fourth-order valence-electron chi connectivity index (χ4n) is 3.07. The van der Waals surface area contributed by atoms with E-state index < -0.39 is 0 Å². The molecule has 0 bridgehead atoms. The first kappa shape index (κ1) is 12.9. The van der Waals surface area contributed by atoms with Crippen molar-refractivity contribution in [2.45, 2.75) is 32.7 Å². The van der Waals surface area contributed by atoms with Crippen LogP contribution in [0.1, 0.15) is 26.7 Å². The molecule has 0 spiro atoms. The second-order valence-corrected chi connectivity index (χ2v) is 5.41. The summed E-state index contributed by atoms with van der Waals surface area (Å²) < 4.78 is 0. The molecule has 2 rings (SSSR count). The average molecular weight is 246 g/mol. The van der Waals surface area contributed by atoms with Gasteiger partial charge in [0.2, 0.25) is 5.91 Å². The van der Waals surface area contributed by atoms with Gasteiger partial charge in [0.15, 0.2) is 0 Å². The summed E-state index contributed by atoms with van der Waals surface area (Å²) in [5, 5.41) is 0. The minimum absolute atomic E-state index is 0.0287. The first-order valence-corrected chi connectivity index (χ1v) is 6.72. The third-order valence-electron chi connectivity index (χ3n) is 3.82. The normalized spacial score (nSPS) is 24.3. The average Bonchev–Trinajstić information content (AvgIpc) is 2.38. The summed E-state index contributed by atoms with van der Waals surface area (Å²) in [5.41, 5.74) is 6.77. The lowest BCUT2D eigenvalue weighted by molar-refractivity contribution is -0.123. The van der Waals surface area contributed by atoms with Gasteiger partial charge >= 0.3 is 0 Å². The van der Waals surface area contributed by atoms with E-state index in [0.29, 0.717) is 5.92 Å². The third-order valence-corrected chi connectivity index (χ3v) is 3.82. The van der Waals surface area contributed by atoms with Crippen molar-refractivity contribution < 1.29 is 4.79 Å². The summed E-state index contributed by atoms with van der Waals surface area (Å²) in [7, 11) is 0. The Morgan fingerprint density at radius 3 is 2.56 bits per heavy atom. The fourth-order valence-corrected chi connectivity index (χ4v) is 3.07. The Balaban J connectivity index is 2.30. The highest BCUT2D eigenvalue weighted by molar-refractivity contribution is 5.78. The van der Waals surface area contributed by atoms with Crippen LogP contribution in [0.5, 0.6) is 0 Å². The van der Waals surface area contributed by atoms with Gasteiger partial charge in [-0.2, -0.15) is 0 Å². The van der Waals surface area contributed by atoms with Gasteiger partial charge in [-0.05, 0) is 30.9 Å². The van der Waals surface area contributed by atoms with Crippen LogP contribution in [-0.4, -0.2) is 18.5 Å². The molecule has 1 fully saturated rings. The molecule has 1 aromatic carbocycles. The number of anilines is 1. The number of nitrogens with zero attached hydrogens (tertiary/aromatic N) is 1. The highest BCUT2D eigenvalue weighted by Gasteiger charge is 2.36. The number of rotatable bonds is 3. The lowest BCUT2D eigenvalue weighted by Crippen LogP contribution is -2.52. The molecular formula is C15H22N2O. The van der Waals surface area contributed by atoms with Gasteiger partial charge in [-0.25, -0.2) is 0 Å². The lowest BCUT2D eigenvalue weighted by Gasteiger charge is -2.44. The Kier molecular flexibility index (Phi) is 3.90. The van der Waals surface area contributed by atoms with E-state index in [2.05, 4.69) is 30.9 Å². The molecule has 3 heteroatoms. The van der Waals surface area contributed by atoms with Crippen LogP contribution in [0.3, 0.4) is 0 Å². The zero-order valence-corrected chi connectivity index (χ0v) is 11.2. The molecule has 98 valence electrons. The lowest BCUT2D eigenvalue weighted by atomic mass is 9.82. The molecule has 0 radical (unpaired) electrons. The van der Waals surface area contributed by atoms with Crippen molar-refractivity contribution in [1.82, 2.24) is 0 Å². The molecule has 2 unspecified atom stereocenters. The van der Waals surface area contributed by atoms with Crippen molar-refractivity contribution in [3.63, 3.8) is 0 Å². The summed E-state index contributed by atoms with van der Waals surface area (Å²) in [5.74, 6) is 0.233. The van der Waals surface area contributed by atoms with Crippen LogP contribution in [0.15, 0.2) is 30.3 Å². The third kappa shape index (κ3) is 2.50. The number of hydrogen-bond donors (Lipinski definition) is 1. The van der Waals surface area contributed by atoms with Crippen molar-refractivity contribution in [2.75, 3.05) is 11.4 Å². The van der Waals surface area contributed by atoms with Crippen molar-refractivity contribution in [3.05, 3.63) is 30.3 Å². The number of carbonyl (C=O) groups excluding carboxylic acids is 1. The summed E-state index contributed by atoms with van der Waals surface area (Å²) >= 11 is 0. The molecule has 18 heavy (non-hydrogen) atoms. The number of piperidine rings is 1. The molecule has 0 aromatic heterocycles. The van der Waals surface area contributed by atoms with Gasteiger partial charge in [-0.15, -0.1) is 0 Å². The zero-order chi connectivity index (χ0) is 13.1. The predicted molar refractivity (Wildman–Crippen MR) is 74.3 cm³/mol. The minimum Gasteiger partial charge on any atom is -0.369 e. The van der Waals surface area contributed by atoms with Crippen LogP contribution < -0.4 is 10.6 Å². The molecule has 1 heterocycles. The molecule has 3 nitrogen and oxygen atoms in total. The number of para-hydroxylation sites is 1. The largest absolute Gasteiger partial charge is 0.369 e. The number of hydrogen-bond acceptors (Lipinski definition) is 2. The quantitative estimate of drug-likeness (QED) is 0.890. The van der Waals surface area contributed by atoms with E-state index in [9.17, 15) is 4.79 Å². The van der Waals surface area contributed by atoms with Crippen LogP contribution in [-0.2, 0) is 4.79 Å². The monoisotopic (exact) mass is 246 g/mol. The van der Waals surface area contributed by atoms with Crippen LogP contribution in [0.2, 0.25) is 0 Å². The van der Waals surface area contributed by atoms with Crippen molar-refractivity contribution in [2.24, 2.45) is 17.6 Å². The molecule has 1 aromatic rings. The number of primary amides is 1. The highest BCUT2D eigenvalue weighted by atomic mass is 16.1. The van der Waals surface area contributed by atoms with Gasteiger partial charge in [0, 0.05) is 18.3 Å². The molecule has 0 aliphatic carbocycles. The maximum absolute atomic E-state index is 11.6. The fraction of sp³-hybridized carbons (Fsp3) is 0.533. The Morgan fingerprint density at radius 1 is 1.33 bits per heavy atom. The SMILES string of the molecule is CC(C)C1C(C(N)=O)CCCN1c1ccccc1. The van der Waals surface area contributed by atoms with E-state index in [4.69, 9.17) is 5.73 Å². The van der Waals surface area contributed by atoms with Crippen molar-refractivity contribution >= 4 is 11.6 Å². The maximum Gasteiger partial charge on any atom is 0.222 e. The Morgan fingerprint density at radius 2 is 2.00 bits per heavy atom. The van der Waals surface area contributed by atoms with Crippen LogP contribution in [0.25, 0.3) is 0 Å². The minimum atomic E-state index is -0.158. The van der Waals surface area contributed by atoms with E-state index in [1.807, 2.05) is 18.2 Å². The van der Waals surface area contributed by atoms with E-state index in [1.54, 1.807) is 0 Å². The summed E-state index contributed by atoms with van der Waals surface area (Å²) in [6, 6.07) is 10.5. The van der Waals surface area contributed by atoms with Gasteiger partial charge in [0.25, 0.3) is 0 Å². The van der Waals surface area contributed by atoms with E-state index in [-0.39, 0.29) is 17.9 Å². The van der Waals surface area contributed by atoms with Gasteiger partial charge in [0.05, 0.1) is 5.92 Å². The predicted octanol–water partition coefficient (Wildman–Crippen LogP) is 2.41. The number of amides is 1. The van der Waals surface area contributed by atoms with Crippen molar-refractivity contribution in [1.29, 1.82) is 0 Å². The molecule has 1 aliphatic rings. The molecule has 1 aliphatic heterocycles. The summed E-state index contributed by atoms with van der Waals surface area (Å²) in [6.45, 7) is 5.35. The molecule has 2 atom stereocenters. The first-order chi connectivity index (χ1) is 8.61. The Bertz CT molecular complexity index is 402. The molecule has 1 amide bonds. The maximum atomic E-state index is 11.6. The molecule has 0 saturated carbocycles. The van der Waals surface area contributed by atoms with Crippen molar-refractivity contribution in [3.8, 4) is 0 Å². The molecule has 2 N–H and O–H groups in total. The van der Waals surface area contributed by atoms with Gasteiger partial charge < -0.3 is 10.6 Å². The summed E-state index contributed by atoms with van der Waals surface area (Å²) in [6.07, 6.45) is 1.95. The van der Waals surface area contributed by atoms with E-state index >= 15 is 0 Å². The summed E-state index contributed by atoms with van der Waals surface area (Å²) in [4.78, 5) is 14.0.